The first-order chi connectivity index (χ1) is 17.7. The van der Waals surface area contributed by atoms with Gasteiger partial charge < -0.3 is 14.2 Å². The molecule has 0 saturated carbocycles. The molecule has 4 rings (SSSR count). The summed E-state index contributed by atoms with van der Waals surface area (Å²) in [6.45, 7) is -0.261. The van der Waals surface area contributed by atoms with Crippen LogP contribution in [0, 0.1) is 0 Å². The number of H-pyrrole nitrogens is 1. The quantitative estimate of drug-likeness (QED) is 0.390. The standard InChI is InChI=1S/C25H19BrCl2N2O7/c26-10-9-16-12-30(25(34)29-22(16)31)21-11-19(37-24(33)15-3-7-18(28)8-4-15)20(36-21)13-35-23(32)14-1-5-17(27)6-2-14/h1-10,12,19-21H,11,13H2,(H,29,31,34)/b10-9+/t19-,20+,21+/m0/s1. The Balaban J connectivity index is 1.56. The summed E-state index contributed by atoms with van der Waals surface area (Å²) in [7, 11) is 0. The first-order valence-corrected chi connectivity index (χ1v) is 12.6. The predicted octanol–water partition coefficient (Wildman–Crippen LogP) is 4.58. The average Bonchev–Trinajstić information content (AvgIpc) is 3.27. The van der Waals surface area contributed by atoms with E-state index in [0.717, 1.165) is 0 Å². The second-order valence-electron chi connectivity index (χ2n) is 7.96. The lowest BCUT2D eigenvalue weighted by atomic mass is 10.1. The Morgan fingerprint density at radius 2 is 1.62 bits per heavy atom. The Hall–Kier alpha value is -3.18. The van der Waals surface area contributed by atoms with E-state index in [0.29, 0.717) is 10.0 Å². The molecule has 1 aliphatic heterocycles. The second-order valence-corrected chi connectivity index (χ2v) is 9.37. The maximum Gasteiger partial charge on any atom is 0.338 e. The number of carbonyl (C=O) groups excluding carboxylic acids is 2. The fraction of sp³-hybridized carbons (Fsp3) is 0.200. The molecule has 3 atom stereocenters. The molecule has 37 heavy (non-hydrogen) atoms. The van der Waals surface area contributed by atoms with E-state index in [1.807, 2.05) is 0 Å². The molecule has 1 fully saturated rings. The van der Waals surface area contributed by atoms with Gasteiger partial charge in [0.1, 0.15) is 25.0 Å². The SMILES string of the molecule is O=C(OC[C@H]1O[C@@H](n2cc(/C=C/Br)c(=O)[nH]c2=O)C[C@@H]1OC(=O)c1ccc(Cl)cc1)c1ccc(Cl)cc1. The van der Waals surface area contributed by atoms with Gasteiger partial charge >= 0.3 is 17.6 Å². The molecule has 9 nitrogen and oxygen atoms in total. The zero-order valence-electron chi connectivity index (χ0n) is 18.9. The number of rotatable bonds is 7. The lowest BCUT2D eigenvalue weighted by Crippen LogP contribution is -2.33. The van der Waals surface area contributed by atoms with Crippen molar-refractivity contribution in [3.05, 3.63) is 107 Å². The van der Waals surface area contributed by atoms with Gasteiger partial charge in [-0.15, -0.1) is 0 Å². The van der Waals surface area contributed by atoms with E-state index in [1.54, 1.807) is 24.3 Å². The summed E-state index contributed by atoms with van der Waals surface area (Å²) in [6.07, 6.45) is 0.184. The molecule has 0 unspecified atom stereocenters. The highest BCUT2D eigenvalue weighted by Gasteiger charge is 2.40. The Morgan fingerprint density at radius 1 is 1.03 bits per heavy atom. The van der Waals surface area contributed by atoms with Crippen LogP contribution in [0.25, 0.3) is 6.08 Å². The minimum absolute atomic E-state index is 0.0614. The Labute approximate surface area is 228 Å². The average molecular weight is 610 g/mol. The number of ether oxygens (including phenoxy) is 3. The van der Waals surface area contributed by atoms with Crippen molar-refractivity contribution in [2.45, 2.75) is 24.9 Å². The molecule has 2 aromatic carbocycles. The molecule has 1 N–H and O–H groups in total. The second kappa shape index (κ2) is 11.9. The molecule has 0 spiro atoms. The Morgan fingerprint density at radius 3 is 2.22 bits per heavy atom. The lowest BCUT2D eigenvalue weighted by Gasteiger charge is -2.19. The third-order valence-electron chi connectivity index (χ3n) is 5.53. The zero-order chi connectivity index (χ0) is 26.5. The molecular formula is C25H19BrCl2N2O7. The van der Waals surface area contributed by atoms with Crippen molar-refractivity contribution in [1.82, 2.24) is 9.55 Å². The molecule has 2 heterocycles. The van der Waals surface area contributed by atoms with Crippen molar-refractivity contribution in [2.75, 3.05) is 6.61 Å². The molecule has 1 aliphatic rings. The number of aromatic nitrogens is 2. The molecule has 0 aliphatic carbocycles. The number of nitrogens with one attached hydrogen (secondary N) is 1. The number of esters is 2. The molecule has 1 saturated heterocycles. The first-order valence-electron chi connectivity index (χ1n) is 10.9. The summed E-state index contributed by atoms with van der Waals surface area (Å²) in [6, 6.07) is 12.3. The number of carbonyl (C=O) groups is 2. The predicted molar refractivity (Wildman–Crippen MR) is 140 cm³/mol. The van der Waals surface area contributed by atoms with Gasteiger partial charge in [-0.1, -0.05) is 39.1 Å². The van der Waals surface area contributed by atoms with Gasteiger partial charge in [0.05, 0.1) is 16.7 Å². The van der Waals surface area contributed by atoms with E-state index in [1.165, 1.54) is 46.1 Å². The van der Waals surface area contributed by atoms with Crippen LogP contribution in [0.3, 0.4) is 0 Å². The molecule has 192 valence electrons. The summed E-state index contributed by atoms with van der Waals surface area (Å²) in [5.74, 6) is -1.27. The van der Waals surface area contributed by atoms with Crippen molar-refractivity contribution in [3.8, 4) is 0 Å². The smallest absolute Gasteiger partial charge is 0.338 e. The highest BCUT2D eigenvalue weighted by Crippen LogP contribution is 2.31. The van der Waals surface area contributed by atoms with Gasteiger partial charge in [-0.05, 0) is 59.6 Å². The summed E-state index contributed by atoms with van der Waals surface area (Å²) in [4.78, 5) is 53.6. The molecule has 0 bridgehead atoms. The topological polar surface area (TPSA) is 117 Å². The van der Waals surface area contributed by atoms with E-state index in [9.17, 15) is 19.2 Å². The van der Waals surface area contributed by atoms with E-state index in [2.05, 4.69) is 20.9 Å². The number of hydrogen-bond acceptors (Lipinski definition) is 7. The minimum atomic E-state index is -0.908. The van der Waals surface area contributed by atoms with E-state index in [-0.39, 0.29) is 29.7 Å². The maximum atomic E-state index is 12.8. The normalized spacial score (nSPS) is 19.2. The zero-order valence-corrected chi connectivity index (χ0v) is 22.0. The Kier molecular flexibility index (Phi) is 8.65. The number of nitrogens with zero attached hydrogens (tertiary/aromatic N) is 1. The molecule has 3 aromatic rings. The third kappa shape index (κ3) is 6.58. The van der Waals surface area contributed by atoms with Gasteiger partial charge in [0, 0.05) is 22.7 Å². The monoisotopic (exact) mass is 608 g/mol. The minimum Gasteiger partial charge on any atom is -0.459 e. The van der Waals surface area contributed by atoms with Crippen LogP contribution in [0.5, 0.6) is 0 Å². The first kappa shape index (κ1) is 26.9. The molecule has 12 heteroatoms. The van der Waals surface area contributed by atoms with Crippen molar-refractivity contribution in [1.29, 1.82) is 0 Å². The summed E-state index contributed by atoms with van der Waals surface area (Å²) < 4.78 is 18.2. The summed E-state index contributed by atoms with van der Waals surface area (Å²) in [5.41, 5.74) is -0.544. The number of hydrogen-bond donors (Lipinski definition) is 1. The number of benzene rings is 2. The molecule has 0 radical (unpaired) electrons. The third-order valence-corrected chi connectivity index (χ3v) is 6.29. The fourth-order valence-electron chi connectivity index (χ4n) is 3.67. The van der Waals surface area contributed by atoms with E-state index in [4.69, 9.17) is 37.4 Å². The highest BCUT2D eigenvalue weighted by molar-refractivity contribution is 9.11. The maximum absolute atomic E-state index is 12.8. The number of aromatic amines is 1. The number of halogens is 3. The summed E-state index contributed by atoms with van der Waals surface area (Å²) in [5, 5.41) is 0.923. The summed E-state index contributed by atoms with van der Waals surface area (Å²) >= 11 is 14.9. The van der Waals surface area contributed by atoms with Crippen molar-refractivity contribution >= 4 is 57.1 Å². The van der Waals surface area contributed by atoms with E-state index < -0.39 is 41.6 Å². The molecule has 1 aromatic heterocycles. The molecular weight excluding hydrogens is 591 g/mol. The van der Waals surface area contributed by atoms with Crippen LogP contribution in [0.4, 0.5) is 0 Å². The lowest BCUT2D eigenvalue weighted by molar-refractivity contribution is -0.0582. The van der Waals surface area contributed by atoms with E-state index >= 15 is 0 Å². The van der Waals surface area contributed by atoms with Crippen LogP contribution in [-0.2, 0) is 14.2 Å². The highest BCUT2D eigenvalue weighted by atomic mass is 79.9. The van der Waals surface area contributed by atoms with Gasteiger partial charge in [-0.3, -0.25) is 14.3 Å². The van der Waals surface area contributed by atoms with Crippen LogP contribution in [0.2, 0.25) is 10.0 Å². The van der Waals surface area contributed by atoms with Gasteiger partial charge in [-0.25, -0.2) is 14.4 Å². The van der Waals surface area contributed by atoms with Gasteiger partial charge in [0.25, 0.3) is 5.56 Å². The van der Waals surface area contributed by atoms with Crippen LogP contribution in [-0.4, -0.2) is 40.3 Å². The largest absolute Gasteiger partial charge is 0.459 e. The van der Waals surface area contributed by atoms with Crippen LogP contribution >= 0.6 is 39.1 Å². The van der Waals surface area contributed by atoms with Gasteiger partial charge in [-0.2, -0.15) is 0 Å². The van der Waals surface area contributed by atoms with Crippen molar-refractivity contribution in [3.63, 3.8) is 0 Å². The van der Waals surface area contributed by atoms with Crippen LogP contribution < -0.4 is 11.2 Å². The van der Waals surface area contributed by atoms with Gasteiger partial charge in [0.2, 0.25) is 0 Å². The Bertz CT molecular complexity index is 1440. The van der Waals surface area contributed by atoms with Crippen molar-refractivity contribution in [2.24, 2.45) is 0 Å². The molecule has 0 amide bonds. The fourth-order valence-corrected chi connectivity index (χ4v) is 4.20. The van der Waals surface area contributed by atoms with Gasteiger partial charge in [0.15, 0.2) is 0 Å². The van der Waals surface area contributed by atoms with Crippen molar-refractivity contribution < 1.29 is 23.8 Å². The van der Waals surface area contributed by atoms with Crippen LogP contribution in [0.15, 0.2) is 69.3 Å². The van der Waals surface area contributed by atoms with Crippen LogP contribution in [0.1, 0.15) is 38.9 Å².